The smallest absolute Gasteiger partial charge is 0.344 e. The van der Waals surface area contributed by atoms with Gasteiger partial charge in [0.1, 0.15) is 5.75 Å². The second-order valence-electron chi connectivity index (χ2n) is 3.26. The van der Waals surface area contributed by atoms with E-state index in [4.69, 9.17) is 4.74 Å². The molecule has 0 amide bonds. The molecule has 0 aliphatic carbocycles. The lowest BCUT2D eigenvalue weighted by Gasteiger charge is -1.95. The normalized spacial score (nSPS) is 14.0. The molecule has 0 atom stereocenters. The molecule has 2 nitrogen and oxygen atoms in total. The van der Waals surface area contributed by atoms with E-state index in [1.165, 1.54) is 0 Å². The molecular weight excluding hydrogens is 164 g/mol. The van der Waals surface area contributed by atoms with Crippen molar-refractivity contribution in [2.45, 2.75) is 13.8 Å². The van der Waals surface area contributed by atoms with Gasteiger partial charge in [0.05, 0.1) is 5.57 Å². The highest BCUT2D eigenvalue weighted by atomic mass is 16.5. The van der Waals surface area contributed by atoms with Crippen LogP contribution in [0.5, 0.6) is 5.75 Å². The third-order valence-electron chi connectivity index (χ3n) is 2.06. The Balaban J connectivity index is 2.67. The second kappa shape index (κ2) is 2.73. The van der Waals surface area contributed by atoms with Gasteiger partial charge >= 0.3 is 5.97 Å². The van der Waals surface area contributed by atoms with Crippen LogP contribution < -0.4 is 4.74 Å². The van der Waals surface area contributed by atoms with Crippen molar-refractivity contribution in [3.63, 3.8) is 0 Å². The van der Waals surface area contributed by atoms with E-state index in [9.17, 15) is 4.79 Å². The van der Waals surface area contributed by atoms with Crippen LogP contribution in [0.2, 0.25) is 0 Å². The minimum Gasteiger partial charge on any atom is -0.422 e. The van der Waals surface area contributed by atoms with Gasteiger partial charge in [-0.1, -0.05) is 23.8 Å². The zero-order valence-corrected chi connectivity index (χ0v) is 7.63. The van der Waals surface area contributed by atoms with Crippen molar-refractivity contribution < 1.29 is 9.53 Å². The Kier molecular flexibility index (Phi) is 1.69. The molecule has 0 saturated heterocycles. The molecule has 1 aromatic rings. The van der Waals surface area contributed by atoms with Crippen LogP contribution in [0.4, 0.5) is 0 Å². The van der Waals surface area contributed by atoms with Gasteiger partial charge in [0, 0.05) is 5.56 Å². The van der Waals surface area contributed by atoms with Crippen LogP contribution in [-0.2, 0) is 4.79 Å². The molecule has 0 aromatic heterocycles. The minimum atomic E-state index is -0.235. The number of rotatable bonds is 0. The highest BCUT2D eigenvalue weighted by Crippen LogP contribution is 2.35. The van der Waals surface area contributed by atoms with E-state index in [-0.39, 0.29) is 5.97 Å². The molecule has 2 rings (SSSR count). The first-order chi connectivity index (χ1) is 6.20. The van der Waals surface area contributed by atoms with Crippen molar-refractivity contribution in [3.8, 4) is 5.75 Å². The number of ether oxygens (including phenoxy) is 1. The molecule has 0 bridgehead atoms. The monoisotopic (exact) mass is 174 g/mol. The number of carbonyl (C=O) groups is 1. The molecule has 0 fully saturated rings. The van der Waals surface area contributed by atoms with Crippen LogP contribution in [0.25, 0.3) is 5.57 Å². The Morgan fingerprint density at radius 1 is 1.23 bits per heavy atom. The number of hydrogen-bond acceptors (Lipinski definition) is 2. The summed E-state index contributed by atoms with van der Waals surface area (Å²) >= 11 is 0. The lowest BCUT2D eigenvalue weighted by Crippen LogP contribution is -2.01. The van der Waals surface area contributed by atoms with Crippen LogP contribution in [0, 0.1) is 0 Å². The van der Waals surface area contributed by atoms with Gasteiger partial charge in [0.2, 0.25) is 0 Å². The molecule has 0 saturated carbocycles. The van der Waals surface area contributed by atoms with Gasteiger partial charge in [-0.25, -0.2) is 4.79 Å². The summed E-state index contributed by atoms with van der Waals surface area (Å²) < 4.78 is 5.08. The Morgan fingerprint density at radius 3 is 2.62 bits per heavy atom. The largest absolute Gasteiger partial charge is 0.422 e. The van der Waals surface area contributed by atoms with E-state index in [1.54, 1.807) is 0 Å². The topological polar surface area (TPSA) is 26.3 Å². The fraction of sp³-hybridized carbons (Fsp3) is 0.182. The number of esters is 1. The number of fused-ring (bicyclic) bond motifs is 1. The van der Waals surface area contributed by atoms with E-state index in [0.717, 1.165) is 11.1 Å². The number of carbonyl (C=O) groups excluding carboxylic acids is 1. The zero-order chi connectivity index (χ0) is 9.42. The Hall–Kier alpha value is -1.57. The lowest BCUT2D eigenvalue weighted by atomic mass is 10.0. The van der Waals surface area contributed by atoms with Gasteiger partial charge in [0.15, 0.2) is 0 Å². The van der Waals surface area contributed by atoms with Gasteiger partial charge < -0.3 is 4.74 Å². The maximum Gasteiger partial charge on any atom is 0.344 e. The number of para-hydroxylation sites is 1. The van der Waals surface area contributed by atoms with Crippen molar-refractivity contribution >= 4 is 11.5 Å². The van der Waals surface area contributed by atoms with E-state index in [1.807, 2.05) is 38.1 Å². The van der Waals surface area contributed by atoms with Crippen LogP contribution in [-0.4, -0.2) is 5.97 Å². The number of benzene rings is 1. The molecule has 0 unspecified atom stereocenters. The van der Waals surface area contributed by atoms with Gasteiger partial charge in [0.25, 0.3) is 0 Å². The molecule has 66 valence electrons. The molecule has 13 heavy (non-hydrogen) atoms. The number of hydrogen-bond donors (Lipinski definition) is 0. The van der Waals surface area contributed by atoms with Crippen molar-refractivity contribution in [2.24, 2.45) is 0 Å². The summed E-state index contributed by atoms with van der Waals surface area (Å²) in [6.07, 6.45) is 0. The Morgan fingerprint density at radius 2 is 1.92 bits per heavy atom. The third kappa shape index (κ3) is 1.15. The minimum absolute atomic E-state index is 0.235. The molecule has 0 N–H and O–H groups in total. The molecular formula is C11H10O2. The summed E-state index contributed by atoms with van der Waals surface area (Å²) in [4.78, 5) is 11.4. The zero-order valence-electron chi connectivity index (χ0n) is 7.63. The molecule has 2 heteroatoms. The highest BCUT2D eigenvalue weighted by Gasteiger charge is 2.26. The maximum atomic E-state index is 11.4. The Bertz CT molecular complexity index is 398. The molecule has 0 radical (unpaired) electrons. The second-order valence-corrected chi connectivity index (χ2v) is 3.26. The molecule has 1 heterocycles. The van der Waals surface area contributed by atoms with Crippen LogP contribution in [0.1, 0.15) is 19.4 Å². The van der Waals surface area contributed by atoms with E-state index in [0.29, 0.717) is 11.3 Å². The van der Waals surface area contributed by atoms with E-state index in [2.05, 4.69) is 0 Å². The average molecular weight is 174 g/mol. The SMILES string of the molecule is CC(C)=C1C(=O)Oc2ccccc21. The number of allylic oxidation sites excluding steroid dienone is 1. The highest BCUT2D eigenvalue weighted by molar-refractivity contribution is 6.22. The van der Waals surface area contributed by atoms with Crippen molar-refractivity contribution in [3.05, 3.63) is 35.4 Å². The first kappa shape index (κ1) is 8.05. The summed E-state index contributed by atoms with van der Waals surface area (Å²) in [6.45, 7) is 3.83. The molecule has 0 spiro atoms. The predicted octanol–water partition coefficient (Wildman–Crippen LogP) is 2.40. The van der Waals surface area contributed by atoms with E-state index < -0.39 is 0 Å². The summed E-state index contributed by atoms with van der Waals surface area (Å²) in [5.74, 6) is 0.435. The average Bonchev–Trinajstić information content (AvgIpc) is 2.39. The van der Waals surface area contributed by atoms with Gasteiger partial charge in [-0.3, -0.25) is 0 Å². The summed E-state index contributed by atoms with van der Waals surface area (Å²) in [7, 11) is 0. The first-order valence-corrected chi connectivity index (χ1v) is 4.19. The van der Waals surface area contributed by atoms with Crippen LogP contribution >= 0.6 is 0 Å². The van der Waals surface area contributed by atoms with Crippen LogP contribution in [0.3, 0.4) is 0 Å². The van der Waals surface area contributed by atoms with Crippen LogP contribution in [0.15, 0.2) is 29.8 Å². The summed E-state index contributed by atoms with van der Waals surface area (Å²) in [5, 5.41) is 0. The first-order valence-electron chi connectivity index (χ1n) is 4.19. The maximum absolute atomic E-state index is 11.4. The fourth-order valence-electron chi connectivity index (χ4n) is 1.50. The van der Waals surface area contributed by atoms with Gasteiger partial charge in [-0.05, 0) is 19.9 Å². The predicted molar refractivity (Wildman–Crippen MR) is 50.3 cm³/mol. The lowest BCUT2D eigenvalue weighted by molar-refractivity contribution is -0.127. The third-order valence-corrected chi connectivity index (χ3v) is 2.06. The van der Waals surface area contributed by atoms with Gasteiger partial charge in [-0.2, -0.15) is 0 Å². The quantitative estimate of drug-likeness (QED) is 0.343. The van der Waals surface area contributed by atoms with Crippen molar-refractivity contribution in [1.29, 1.82) is 0 Å². The molecule has 1 aliphatic heterocycles. The Labute approximate surface area is 76.8 Å². The molecule has 1 aliphatic rings. The standard InChI is InChI=1S/C11H10O2/c1-7(2)10-8-5-3-4-6-9(8)13-11(10)12/h3-6H,1-2H3. The van der Waals surface area contributed by atoms with E-state index >= 15 is 0 Å². The molecule has 1 aromatic carbocycles. The summed E-state index contributed by atoms with van der Waals surface area (Å²) in [5.41, 5.74) is 2.61. The van der Waals surface area contributed by atoms with Gasteiger partial charge in [-0.15, -0.1) is 0 Å². The fourth-order valence-corrected chi connectivity index (χ4v) is 1.50. The van der Waals surface area contributed by atoms with Crippen molar-refractivity contribution in [2.75, 3.05) is 0 Å². The summed E-state index contributed by atoms with van der Waals surface area (Å²) in [6, 6.07) is 7.48. The van der Waals surface area contributed by atoms with Crippen molar-refractivity contribution in [1.82, 2.24) is 0 Å².